The lowest BCUT2D eigenvalue weighted by Crippen LogP contribution is -2.36. The molecule has 1 fully saturated rings. The molecule has 2 aromatic rings. The van der Waals surface area contributed by atoms with E-state index in [2.05, 4.69) is 20.6 Å². The van der Waals surface area contributed by atoms with Gasteiger partial charge in [0.15, 0.2) is 0 Å². The molecule has 2 amide bonds. The van der Waals surface area contributed by atoms with Gasteiger partial charge in [-0.2, -0.15) is 0 Å². The molecule has 0 radical (unpaired) electrons. The van der Waals surface area contributed by atoms with E-state index in [1.165, 1.54) is 12.1 Å². The minimum absolute atomic E-state index is 0.0421. The number of benzene rings is 1. The first-order valence-electron chi connectivity index (χ1n) is 11.7. The topological polar surface area (TPSA) is 149 Å². The van der Waals surface area contributed by atoms with Gasteiger partial charge >= 0.3 is 12.2 Å². The highest BCUT2D eigenvalue weighted by molar-refractivity contribution is 7.90. The molecule has 0 spiro atoms. The Bertz CT molecular complexity index is 1160. The van der Waals surface area contributed by atoms with E-state index in [-0.39, 0.29) is 23.0 Å². The predicted molar refractivity (Wildman–Crippen MR) is 133 cm³/mol. The van der Waals surface area contributed by atoms with Crippen molar-refractivity contribution in [3.05, 3.63) is 42.4 Å². The number of amides is 2. The molecule has 0 saturated heterocycles. The molecule has 12 heteroatoms. The van der Waals surface area contributed by atoms with E-state index in [0.29, 0.717) is 11.5 Å². The van der Waals surface area contributed by atoms with Crippen LogP contribution in [0.3, 0.4) is 0 Å². The number of sulfonamides is 1. The van der Waals surface area contributed by atoms with Gasteiger partial charge in [-0.1, -0.05) is 0 Å². The van der Waals surface area contributed by atoms with Crippen molar-refractivity contribution in [2.45, 2.75) is 82.4 Å². The molecule has 3 N–H and O–H groups in total. The predicted octanol–water partition coefficient (Wildman–Crippen LogP) is 4.20. The van der Waals surface area contributed by atoms with Gasteiger partial charge in [0.2, 0.25) is 0 Å². The lowest BCUT2D eigenvalue weighted by atomic mass is 10.0. The van der Waals surface area contributed by atoms with Crippen molar-refractivity contribution in [1.29, 1.82) is 0 Å². The van der Waals surface area contributed by atoms with Crippen molar-refractivity contribution in [2.75, 3.05) is 5.32 Å². The molecule has 1 aliphatic carbocycles. The minimum atomic E-state index is -4.07. The Morgan fingerprint density at radius 1 is 1.03 bits per heavy atom. The molecule has 2 atom stereocenters. The number of alkyl carbamates (subject to hydrolysis) is 1. The van der Waals surface area contributed by atoms with Crippen LogP contribution in [-0.4, -0.2) is 48.3 Å². The average molecular weight is 520 g/mol. The standard InChI is InChI=1S/C24H33N5O6S/c1-15(2)34-22(30)28-18-7-6-16(12-18)20-13-26-21(14-25-20)27-17-8-10-19(11-9-17)36(32,33)29-23(31)35-24(3,4)5/h8-11,13-16,18H,6-7,12H2,1-5H3,(H,26,27)(H,28,30)(H,29,31)/t16-,18-/m1/s1. The van der Waals surface area contributed by atoms with Crippen molar-refractivity contribution in [2.24, 2.45) is 0 Å². The zero-order valence-electron chi connectivity index (χ0n) is 21.1. The number of anilines is 2. The smallest absolute Gasteiger partial charge is 0.421 e. The summed E-state index contributed by atoms with van der Waals surface area (Å²) in [5.41, 5.74) is 0.626. The van der Waals surface area contributed by atoms with E-state index >= 15 is 0 Å². The third-order valence-electron chi connectivity index (χ3n) is 5.24. The van der Waals surface area contributed by atoms with Gasteiger partial charge in [0.25, 0.3) is 10.0 Å². The van der Waals surface area contributed by atoms with Gasteiger partial charge in [0.1, 0.15) is 11.4 Å². The highest BCUT2D eigenvalue weighted by Gasteiger charge is 2.29. The molecule has 1 aromatic heterocycles. The number of nitrogens with zero attached hydrogens (tertiary/aromatic N) is 2. The minimum Gasteiger partial charge on any atom is -0.447 e. The Hall–Kier alpha value is -3.41. The summed E-state index contributed by atoms with van der Waals surface area (Å²) < 4.78 is 36.8. The van der Waals surface area contributed by atoms with Gasteiger partial charge in [-0.15, -0.1) is 0 Å². The monoisotopic (exact) mass is 519 g/mol. The summed E-state index contributed by atoms with van der Waals surface area (Å²) in [6.45, 7) is 8.54. The largest absolute Gasteiger partial charge is 0.447 e. The van der Waals surface area contributed by atoms with Gasteiger partial charge in [-0.3, -0.25) is 4.98 Å². The van der Waals surface area contributed by atoms with Crippen LogP contribution in [-0.2, 0) is 19.5 Å². The van der Waals surface area contributed by atoms with Crippen LogP contribution in [0.15, 0.2) is 41.6 Å². The second-order valence-corrected chi connectivity index (χ2v) is 11.6. The molecule has 1 aromatic carbocycles. The molecule has 196 valence electrons. The number of aromatic nitrogens is 2. The molecule has 3 rings (SSSR count). The average Bonchev–Trinajstić information content (AvgIpc) is 3.20. The second-order valence-electron chi connectivity index (χ2n) is 9.89. The van der Waals surface area contributed by atoms with E-state index < -0.39 is 27.8 Å². The number of hydrogen-bond acceptors (Lipinski definition) is 9. The Morgan fingerprint density at radius 2 is 1.72 bits per heavy atom. The van der Waals surface area contributed by atoms with Crippen molar-refractivity contribution in [3.63, 3.8) is 0 Å². The van der Waals surface area contributed by atoms with E-state index in [1.54, 1.807) is 45.3 Å². The summed E-state index contributed by atoms with van der Waals surface area (Å²) in [5.74, 6) is 0.687. The molecule has 0 aliphatic heterocycles. The van der Waals surface area contributed by atoms with Crippen molar-refractivity contribution in [3.8, 4) is 0 Å². The lowest BCUT2D eigenvalue weighted by molar-refractivity contribution is 0.0570. The second kappa shape index (κ2) is 11.1. The van der Waals surface area contributed by atoms with Crippen molar-refractivity contribution < 1.29 is 27.5 Å². The van der Waals surface area contributed by atoms with Crippen LogP contribution in [0.1, 0.15) is 65.5 Å². The third kappa shape index (κ3) is 8.08. The molecule has 0 unspecified atom stereocenters. The first-order valence-corrected chi connectivity index (χ1v) is 13.2. The summed E-state index contributed by atoms with van der Waals surface area (Å²) in [5, 5.41) is 5.97. The third-order valence-corrected chi connectivity index (χ3v) is 6.57. The summed E-state index contributed by atoms with van der Waals surface area (Å²) in [6, 6.07) is 5.89. The fourth-order valence-corrected chi connectivity index (χ4v) is 4.62. The maximum Gasteiger partial charge on any atom is 0.421 e. The van der Waals surface area contributed by atoms with Crippen LogP contribution in [0.5, 0.6) is 0 Å². The van der Waals surface area contributed by atoms with Gasteiger partial charge in [-0.25, -0.2) is 27.7 Å². The Kier molecular flexibility index (Phi) is 8.39. The first kappa shape index (κ1) is 27.2. The Balaban J connectivity index is 1.55. The Labute approximate surface area is 211 Å². The van der Waals surface area contributed by atoms with Gasteiger partial charge < -0.3 is 20.1 Å². The highest BCUT2D eigenvalue weighted by atomic mass is 32.2. The fraction of sp³-hybridized carbons (Fsp3) is 0.500. The van der Waals surface area contributed by atoms with Gasteiger partial charge in [0.05, 0.1) is 29.1 Å². The number of rotatable bonds is 7. The fourth-order valence-electron chi connectivity index (χ4n) is 3.74. The quantitative estimate of drug-likeness (QED) is 0.489. The van der Waals surface area contributed by atoms with E-state index in [1.807, 2.05) is 18.6 Å². The molecule has 36 heavy (non-hydrogen) atoms. The van der Waals surface area contributed by atoms with E-state index in [0.717, 1.165) is 25.0 Å². The SMILES string of the molecule is CC(C)OC(=O)N[C@@H]1CC[C@@H](c2cnc(Nc3ccc(S(=O)(=O)NC(=O)OC(C)(C)C)cc3)cn2)C1. The summed E-state index contributed by atoms with van der Waals surface area (Å²) in [6.07, 6.45) is 4.20. The normalized spacial score (nSPS) is 17.9. The highest BCUT2D eigenvalue weighted by Crippen LogP contribution is 2.33. The molecule has 1 heterocycles. The van der Waals surface area contributed by atoms with Gasteiger partial charge in [-0.05, 0) is 78.1 Å². The first-order chi connectivity index (χ1) is 16.8. The zero-order chi connectivity index (χ0) is 26.5. The molecule has 1 saturated carbocycles. The van der Waals surface area contributed by atoms with Crippen LogP contribution < -0.4 is 15.4 Å². The van der Waals surface area contributed by atoms with Crippen LogP contribution >= 0.6 is 0 Å². The lowest BCUT2D eigenvalue weighted by Gasteiger charge is -2.19. The molecular weight excluding hydrogens is 486 g/mol. The molecular formula is C24H33N5O6S. The molecule has 11 nitrogen and oxygen atoms in total. The summed E-state index contributed by atoms with van der Waals surface area (Å²) >= 11 is 0. The Morgan fingerprint density at radius 3 is 2.31 bits per heavy atom. The number of hydrogen-bond donors (Lipinski definition) is 3. The number of nitrogens with one attached hydrogen (secondary N) is 3. The number of ether oxygens (including phenoxy) is 2. The number of carbonyl (C=O) groups is 2. The number of carbonyl (C=O) groups excluding carboxylic acids is 2. The van der Waals surface area contributed by atoms with E-state index in [9.17, 15) is 18.0 Å². The summed E-state index contributed by atoms with van der Waals surface area (Å²) in [7, 11) is -4.07. The van der Waals surface area contributed by atoms with Crippen LogP contribution in [0.25, 0.3) is 0 Å². The maximum atomic E-state index is 12.4. The van der Waals surface area contributed by atoms with E-state index in [4.69, 9.17) is 9.47 Å². The van der Waals surface area contributed by atoms with Crippen molar-refractivity contribution in [1.82, 2.24) is 20.0 Å². The zero-order valence-corrected chi connectivity index (χ0v) is 21.9. The van der Waals surface area contributed by atoms with Crippen molar-refractivity contribution >= 4 is 33.7 Å². The molecule has 0 bridgehead atoms. The summed E-state index contributed by atoms with van der Waals surface area (Å²) in [4.78, 5) is 32.5. The van der Waals surface area contributed by atoms with Crippen LogP contribution in [0, 0.1) is 0 Å². The van der Waals surface area contributed by atoms with Crippen LogP contribution in [0.4, 0.5) is 21.1 Å². The van der Waals surface area contributed by atoms with Gasteiger partial charge in [0, 0.05) is 17.6 Å². The molecule has 1 aliphatic rings. The van der Waals surface area contributed by atoms with Crippen LogP contribution in [0.2, 0.25) is 0 Å². The maximum absolute atomic E-state index is 12.4.